The van der Waals surface area contributed by atoms with E-state index in [1.54, 1.807) is 6.92 Å². The quantitative estimate of drug-likeness (QED) is 0.768. The summed E-state index contributed by atoms with van der Waals surface area (Å²) in [5.74, 6) is 2.53. The number of anilines is 1. The zero-order valence-corrected chi connectivity index (χ0v) is 17.5. The van der Waals surface area contributed by atoms with Crippen LogP contribution in [-0.2, 0) is 17.8 Å². The molecule has 3 aliphatic rings. The number of rotatable bonds is 3. The minimum absolute atomic E-state index is 0.104. The Balaban J connectivity index is 1.24. The maximum Gasteiger partial charge on any atom is 0.231 e. The molecule has 0 bridgehead atoms. The van der Waals surface area contributed by atoms with Gasteiger partial charge in [0, 0.05) is 51.9 Å². The van der Waals surface area contributed by atoms with Crippen molar-refractivity contribution in [1.82, 2.24) is 19.8 Å². The highest BCUT2D eigenvalue weighted by Crippen LogP contribution is 2.35. The second kappa shape index (κ2) is 7.75. The fourth-order valence-electron chi connectivity index (χ4n) is 4.41. The average molecular weight is 409 g/mol. The van der Waals surface area contributed by atoms with Gasteiger partial charge in [0.1, 0.15) is 0 Å². The Morgan fingerprint density at radius 3 is 2.70 bits per heavy atom. The van der Waals surface area contributed by atoms with E-state index in [0.29, 0.717) is 19.4 Å². The van der Waals surface area contributed by atoms with Gasteiger partial charge in [0.15, 0.2) is 11.5 Å². The standard InChI is InChI=1S/C22H27N5O3/c1-15(17-3-4-20-21(11-17)30-14-29-20)25-7-9-26(10-8-25)22-23-12-18-5-6-27(16(2)28)13-19(18)24-22/h3-4,11-12,15H,5-10,13-14H2,1-2H3. The van der Waals surface area contributed by atoms with Crippen molar-refractivity contribution in [2.24, 2.45) is 0 Å². The van der Waals surface area contributed by atoms with Crippen molar-refractivity contribution in [2.45, 2.75) is 32.9 Å². The van der Waals surface area contributed by atoms with E-state index in [-0.39, 0.29) is 5.91 Å². The van der Waals surface area contributed by atoms with Crippen molar-refractivity contribution < 1.29 is 14.3 Å². The van der Waals surface area contributed by atoms with Gasteiger partial charge in [-0.2, -0.15) is 0 Å². The van der Waals surface area contributed by atoms with E-state index >= 15 is 0 Å². The lowest BCUT2D eigenvalue weighted by Crippen LogP contribution is -2.48. The van der Waals surface area contributed by atoms with Crippen LogP contribution in [0.4, 0.5) is 5.95 Å². The Morgan fingerprint density at radius 1 is 1.10 bits per heavy atom. The number of piperazine rings is 1. The highest BCUT2D eigenvalue weighted by atomic mass is 16.7. The summed E-state index contributed by atoms with van der Waals surface area (Å²) in [7, 11) is 0. The van der Waals surface area contributed by atoms with Crippen molar-refractivity contribution in [2.75, 3.05) is 44.4 Å². The van der Waals surface area contributed by atoms with Gasteiger partial charge in [0.25, 0.3) is 0 Å². The number of fused-ring (bicyclic) bond motifs is 2. The monoisotopic (exact) mass is 409 g/mol. The molecule has 8 nitrogen and oxygen atoms in total. The van der Waals surface area contributed by atoms with E-state index < -0.39 is 0 Å². The first-order chi connectivity index (χ1) is 14.6. The van der Waals surface area contributed by atoms with Gasteiger partial charge >= 0.3 is 0 Å². The number of hydrogen-bond acceptors (Lipinski definition) is 7. The van der Waals surface area contributed by atoms with Gasteiger partial charge in [-0.3, -0.25) is 9.69 Å². The minimum Gasteiger partial charge on any atom is -0.454 e. The summed E-state index contributed by atoms with van der Waals surface area (Å²) in [6, 6.07) is 6.51. The summed E-state index contributed by atoms with van der Waals surface area (Å²) < 4.78 is 11.0. The molecule has 0 N–H and O–H groups in total. The van der Waals surface area contributed by atoms with Crippen LogP contribution in [0.15, 0.2) is 24.4 Å². The molecule has 0 aliphatic carbocycles. The molecule has 0 radical (unpaired) electrons. The smallest absolute Gasteiger partial charge is 0.231 e. The van der Waals surface area contributed by atoms with Gasteiger partial charge < -0.3 is 19.3 Å². The number of amides is 1. The number of ether oxygens (including phenoxy) is 2. The molecule has 3 aliphatic heterocycles. The summed E-state index contributed by atoms with van der Waals surface area (Å²) in [6.07, 6.45) is 2.77. The molecule has 30 heavy (non-hydrogen) atoms. The van der Waals surface area contributed by atoms with Crippen LogP contribution in [0.2, 0.25) is 0 Å². The lowest BCUT2D eigenvalue weighted by molar-refractivity contribution is -0.129. The first-order valence-corrected chi connectivity index (χ1v) is 10.6. The fourth-order valence-corrected chi connectivity index (χ4v) is 4.41. The molecule has 1 unspecified atom stereocenters. The Bertz CT molecular complexity index is 958. The van der Waals surface area contributed by atoms with Gasteiger partial charge in [-0.15, -0.1) is 0 Å². The second-order valence-electron chi connectivity index (χ2n) is 8.14. The highest BCUT2D eigenvalue weighted by molar-refractivity contribution is 5.73. The minimum atomic E-state index is 0.104. The van der Waals surface area contributed by atoms with Crippen molar-refractivity contribution in [1.29, 1.82) is 0 Å². The van der Waals surface area contributed by atoms with E-state index in [1.807, 2.05) is 17.2 Å². The summed E-state index contributed by atoms with van der Waals surface area (Å²) in [4.78, 5) is 27.7. The lowest BCUT2D eigenvalue weighted by atomic mass is 10.1. The molecule has 1 amide bonds. The summed E-state index contributed by atoms with van der Waals surface area (Å²) in [6.45, 7) is 9.13. The topological polar surface area (TPSA) is 71.0 Å². The third-order valence-electron chi connectivity index (χ3n) is 6.40. The third-order valence-corrected chi connectivity index (χ3v) is 6.40. The molecule has 1 saturated heterocycles. The molecule has 0 spiro atoms. The van der Waals surface area contributed by atoms with E-state index in [2.05, 4.69) is 33.8 Å². The van der Waals surface area contributed by atoms with Crippen molar-refractivity contribution in [3.63, 3.8) is 0 Å². The molecule has 5 rings (SSSR count). The Kier molecular flexibility index (Phi) is 4.94. The molecule has 1 atom stereocenters. The maximum atomic E-state index is 11.7. The second-order valence-corrected chi connectivity index (χ2v) is 8.14. The molecule has 1 aromatic carbocycles. The molecule has 8 heteroatoms. The molecule has 1 fully saturated rings. The molecule has 1 aromatic heterocycles. The molecule has 158 valence electrons. The van der Waals surface area contributed by atoms with Gasteiger partial charge in [-0.05, 0) is 36.6 Å². The van der Waals surface area contributed by atoms with Crippen molar-refractivity contribution in [3.05, 3.63) is 41.2 Å². The maximum absolute atomic E-state index is 11.7. The average Bonchev–Trinajstić information content (AvgIpc) is 3.26. The Labute approximate surface area is 176 Å². The molecule has 4 heterocycles. The van der Waals surface area contributed by atoms with Crippen molar-refractivity contribution >= 4 is 11.9 Å². The molecule has 2 aromatic rings. The van der Waals surface area contributed by atoms with Crippen LogP contribution in [-0.4, -0.2) is 65.2 Å². The lowest BCUT2D eigenvalue weighted by Gasteiger charge is -2.38. The first kappa shape index (κ1) is 19.1. The van der Waals surface area contributed by atoms with Crippen LogP contribution in [0.1, 0.15) is 36.7 Å². The third kappa shape index (κ3) is 3.56. The van der Waals surface area contributed by atoms with E-state index in [0.717, 1.165) is 67.8 Å². The molecular formula is C22H27N5O3. The molecule has 0 saturated carbocycles. The van der Waals surface area contributed by atoms with Gasteiger partial charge in [-0.25, -0.2) is 9.97 Å². The highest BCUT2D eigenvalue weighted by Gasteiger charge is 2.26. The zero-order chi connectivity index (χ0) is 20.7. The van der Waals surface area contributed by atoms with Gasteiger partial charge in [0.2, 0.25) is 18.6 Å². The first-order valence-electron chi connectivity index (χ1n) is 10.6. The number of carbonyl (C=O) groups is 1. The van der Waals surface area contributed by atoms with Crippen molar-refractivity contribution in [3.8, 4) is 11.5 Å². The largest absolute Gasteiger partial charge is 0.454 e. The van der Waals surface area contributed by atoms with Gasteiger partial charge in [0.05, 0.1) is 12.2 Å². The number of hydrogen-bond donors (Lipinski definition) is 0. The van der Waals surface area contributed by atoms with E-state index in [4.69, 9.17) is 14.5 Å². The number of aromatic nitrogens is 2. The number of carbonyl (C=O) groups excluding carboxylic acids is 1. The van der Waals surface area contributed by atoms with E-state index in [9.17, 15) is 4.79 Å². The predicted octanol–water partition coefficient (Wildman–Crippen LogP) is 1.99. The predicted molar refractivity (Wildman–Crippen MR) is 112 cm³/mol. The normalized spacial score (nSPS) is 19.5. The fraction of sp³-hybridized carbons (Fsp3) is 0.500. The number of nitrogens with zero attached hydrogens (tertiary/aromatic N) is 5. The summed E-state index contributed by atoms with van der Waals surface area (Å²) in [5, 5.41) is 0. The Morgan fingerprint density at radius 2 is 1.90 bits per heavy atom. The van der Waals surface area contributed by atoms with Gasteiger partial charge in [-0.1, -0.05) is 6.07 Å². The van der Waals surface area contributed by atoms with Crippen LogP contribution < -0.4 is 14.4 Å². The van der Waals surface area contributed by atoms with Crippen LogP contribution in [0.3, 0.4) is 0 Å². The van der Waals surface area contributed by atoms with Crippen LogP contribution >= 0.6 is 0 Å². The number of benzene rings is 1. The SMILES string of the molecule is CC(=O)N1CCc2cnc(N3CCN(C(C)c4ccc5c(c4)OCO5)CC3)nc2C1. The molecular weight excluding hydrogens is 382 g/mol. The Hall–Kier alpha value is -2.87. The van der Waals surface area contributed by atoms with E-state index in [1.165, 1.54) is 5.56 Å². The zero-order valence-electron chi connectivity index (χ0n) is 17.5. The summed E-state index contributed by atoms with van der Waals surface area (Å²) >= 11 is 0. The van der Waals surface area contributed by atoms with Crippen LogP contribution in [0.5, 0.6) is 11.5 Å². The van der Waals surface area contributed by atoms with Crippen LogP contribution in [0, 0.1) is 0 Å². The van der Waals surface area contributed by atoms with Crippen LogP contribution in [0.25, 0.3) is 0 Å². The summed E-state index contributed by atoms with van der Waals surface area (Å²) in [5.41, 5.74) is 3.38.